The van der Waals surface area contributed by atoms with Crippen molar-refractivity contribution in [2.24, 2.45) is 0 Å². The Morgan fingerprint density at radius 3 is 2.37 bits per heavy atom. The van der Waals surface area contributed by atoms with Crippen LogP contribution in [0.2, 0.25) is 0 Å². The van der Waals surface area contributed by atoms with E-state index in [-0.39, 0.29) is 17.5 Å². The minimum absolute atomic E-state index is 0.147. The first-order chi connectivity index (χ1) is 14.5. The monoisotopic (exact) mass is 428 g/mol. The Morgan fingerprint density at radius 2 is 1.70 bits per heavy atom. The molecule has 0 bridgehead atoms. The van der Waals surface area contributed by atoms with Crippen LogP contribution in [0.3, 0.4) is 0 Å². The highest BCUT2D eigenvalue weighted by Crippen LogP contribution is 2.28. The lowest BCUT2D eigenvalue weighted by atomic mass is 10.1. The molecule has 1 fully saturated rings. The molecule has 1 saturated heterocycles. The zero-order valence-electron chi connectivity index (χ0n) is 16.5. The molecule has 0 radical (unpaired) electrons. The Kier molecular flexibility index (Phi) is 5.40. The van der Waals surface area contributed by atoms with Crippen molar-refractivity contribution in [1.29, 1.82) is 0 Å². The Labute approximate surface area is 176 Å². The number of rotatable bonds is 3. The van der Waals surface area contributed by atoms with Gasteiger partial charge in [0, 0.05) is 37.9 Å². The standard InChI is InChI=1S/C20H20N4O5S/c1-28-15-6-5-13(12-16(15)29-2)18(25)22-8-10-23(11-9-22)20(27)24-19(26)14-4-3-7-21-17(14)30-24/h3-7,12H,8-11H2,1-2H3. The second-order valence-corrected chi connectivity index (χ2v) is 7.61. The fraction of sp³-hybridized carbons (Fsp3) is 0.300. The van der Waals surface area contributed by atoms with Gasteiger partial charge >= 0.3 is 6.03 Å². The largest absolute Gasteiger partial charge is 0.493 e. The maximum absolute atomic E-state index is 12.9. The minimum atomic E-state index is -0.388. The number of benzene rings is 1. The van der Waals surface area contributed by atoms with Crippen LogP contribution in [0.4, 0.5) is 4.79 Å². The molecule has 156 valence electrons. The van der Waals surface area contributed by atoms with Crippen LogP contribution in [0.5, 0.6) is 11.5 Å². The molecule has 10 heteroatoms. The molecule has 0 aliphatic carbocycles. The average Bonchev–Trinajstić information content (AvgIpc) is 3.14. The van der Waals surface area contributed by atoms with E-state index < -0.39 is 0 Å². The van der Waals surface area contributed by atoms with Gasteiger partial charge in [-0.2, -0.15) is 3.96 Å². The van der Waals surface area contributed by atoms with Crippen LogP contribution >= 0.6 is 11.5 Å². The number of methoxy groups -OCH3 is 2. The highest BCUT2D eigenvalue weighted by atomic mass is 32.1. The van der Waals surface area contributed by atoms with Crippen LogP contribution in [0.15, 0.2) is 41.3 Å². The number of ether oxygens (including phenoxy) is 2. The van der Waals surface area contributed by atoms with Gasteiger partial charge in [0.25, 0.3) is 11.5 Å². The van der Waals surface area contributed by atoms with Gasteiger partial charge in [-0.1, -0.05) is 0 Å². The molecule has 2 aromatic heterocycles. The Balaban J connectivity index is 1.45. The van der Waals surface area contributed by atoms with Crippen molar-refractivity contribution < 1.29 is 19.1 Å². The van der Waals surface area contributed by atoms with E-state index in [2.05, 4.69) is 4.98 Å². The lowest BCUT2D eigenvalue weighted by Gasteiger charge is -2.34. The summed E-state index contributed by atoms with van der Waals surface area (Å²) < 4.78 is 11.6. The molecule has 1 aliphatic heterocycles. The number of nitrogens with zero attached hydrogens (tertiary/aromatic N) is 4. The van der Waals surface area contributed by atoms with Gasteiger partial charge in [0.15, 0.2) is 11.5 Å². The van der Waals surface area contributed by atoms with Crippen molar-refractivity contribution in [3.05, 3.63) is 52.4 Å². The Hall–Kier alpha value is -3.40. The molecule has 1 aromatic carbocycles. The zero-order chi connectivity index (χ0) is 21.3. The van der Waals surface area contributed by atoms with E-state index in [4.69, 9.17) is 9.47 Å². The van der Waals surface area contributed by atoms with Gasteiger partial charge in [0.05, 0.1) is 19.6 Å². The van der Waals surface area contributed by atoms with Crippen LogP contribution in [0.25, 0.3) is 10.2 Å². The molecule has 0 saturated carbocycles. The number of fused-ring (bicyclic) bond motifs is 1. The lowest BCUT2D eigenvalue weighted by molar-refractivity contribution is 0.0666. The summed E-state index contributed by atoms with van der Waals surface area (Å²) in [7, 11) is 3.05. The predicted molar refractivity (Wildman–Crippen MR) is 112 cm³/mol. The number of piperazine rings is 1. The van der Waals surface area contributed by atoms with Crippen LogP contribution < -0.4 is 15.0 Å². The van der Waals surface area contributed by atoms with Crippen molar-refractivity contribution >= 4 is 33.7 Å². The highest BCUT2D eigenvalue weighted by molar-refractivity contribution is 7.14. The summed E-state index contributed by atoms with van der Waals surface area (Å²) in [5.41, 5.74) is 0.121. The summed E-state index contributed by atoms with van der Waals surface area (Å²) in [6.07, 6.45) is 1.59. The average molecular weight is 428 g/mol. The second-order valence-electron chi connectivity index (χ2n) is 6.68. The highest BCUT2D eigenvalue weighted by Gasteiger charge is 2.27. The molecule has 9 nitrogen and oxygen atoms in total. The molecule has 3 aromatic rings. The van der Waals surface area contributed by atoms with E-state index in [1.165, 1.54) is 14.2 Å². The summed E-state index contributed by atoms with van der Waals surface area (Å²) in [4.78, 5) is 46.1. The first kappa shape index (κ1) is 19.9. The number of carbonyl (C=O) groups is 2. The molecular formula is C20H20N4O5S. The van der Waals surface area contributed by atoms with E-state index in [9.17, 15) is 14.4 Å². The van der Waals surface area contributed by atoms with Crippen molar-refractivity contribution in [3.8, 4) is 11.5 Å². The fourth-order valence-electron chi connectivity index (χ4n) is 3.37. The molecule has 30 heavy (non-hydrogen) atoms. The van der Waals surface area contributed by atoms with E-state index in [0.717, 1.165) is 15.5 Å². The van der Waals surface area contributed by atoms with Crippen molar-refractivity contribution in [2.45, 2.75) is 0 Å². The third-order valence-electron chi connectivity index (χ3n) is 5.01. The van der Waals surface area contributed by atoms with Crippen molar-refractivity contribution in [1.82, 2.24) is 18.7 Å². The first-order valence-corrected chi connectivity index (χ1v) is 10.1. The third-order valence-corrected chi connectivity index (χ3v) is 6.01. The summed E-state index contributed by atoms with van der Waals surface area (Å²) in [6, 6.07) is 7.96. The quantitative estimate of drug-likeness (QED) is 0.633. The molecule has 3 heterocycles. The van der Waals surface area contributed by atoms with E-state index >= 15 is 0 Å². The Morgan fingerprint density at radius 1 is 1.00 bits per heavy atom. The van der Waals surface area contributed by atoms with E-state index in [0.29, 0.717) is 53.5 Å². The van der Waals surface area contributed by atoms with Crippen molar-refractivity contribution in [2.75, 3.05) is 40.4 Å². The maximum Gasteiger partial charge on any atom is 0.340 e. The van der Waals surface area contributed by atoms with Gasteiger partial charge < -0.3 is 19.3 Å². The fourth-order valence-corrected chi connectivity index (χ4v) is 4.28. The van der Waals surface area contributed by atoms with Gasteiger partial charge in [-0.25, -0.2) is 9.78 Å². The summed E-state index contributed by atoms with van der Waals surface area (Å²) in [6.45, 7) is 1.42. The molecular weight excluding hydrogens is 408 g/mol. The van der Waals surface area contributed by atoms with E-state index in [1.54, 1.807) is 46.3 Å². The van der Waals surface area contributed by atoms with Crippen LogP contribution in [0, 0.1) is 0 Å². The van der Waals surface area contributed by atoms with Gasteiger partial charge in [0.1, 0.15) is 4.83 Å². The molecule has 0 atom stereocenters. The molecule has 1 aliphatic rings. The minimum Gasteiger partial charge on any atom is -0.493 e. The molecule has 2 amide bonds. The molecule has 4 rings (SSSR count). The smallest absolute Gasteiger partial charge is 0.340 e. The third kappa shape index (κ3) is 3.50. The maximum atomic E-state index is 12.9. The zero-order valence-corrected chi connectivity index (χ0v) is 17.3. The molecule has 0 N–H and O–H groups in total. The summed E-state index contributed by atoms with van der Waals surface area (Å²) in [5, 5.41) is 0.429. The van der Waals surface area contributed by atoms with Crippen molar-refractivity contribution in [3.63, 3.8) is 0 Å². The Bertz CT molecular complexity index is 1160. The van der Waals surface area contributed by atoms with Gasteiger partial charge in [-0.15, -0.1) is 0 Å². The number of aromatic nitrogens is 2. The first-order valence-electron chi connectivity index (χ1n) is 9.31. The van der Waals surface area contributed by atoms with Crippen LogP contribution in [0.1, 0.15) is 10.4 Å². The SMILES string of the molecule is COc1ccc(C(=O)N2CCN(C(=O)n3sc4ncccc4c3=O)CC2)cc1OC. The van der Waals surface area contributed by atoms with Crippen LogP contribution in [-0.2, 0) is 0 Å². The summed E-state index contributed by atoms with van der Waals surface area (Å²) >= 11 is 1.03. The number of carbonyl (C=O) groups excluding carboxylic acids is 2. The second kappa shape index (κ2) is 8.15. The number of amides is 2. The topological polar surface area (TPSA) is 94.0 Å². The predicted octanol–water partition coefficient (Wildman–Crippen LogP) is 1.90. The van der Waals surface area contributed by atoms with Crippen LogP contribution in [-0.4, -0.2) is 71.1 Å². The molecule has 0 unspecified atom stereocenters. The number of hydrogen-bond acceptors (Lipinski definition) is 7. The van der Waals surface area contributed by atoms with Gasteiger partial charge in [0.2, 0.25) is 0 Å². The van der Waals surface area contributed by atoms with Gasteiger partial charge in [-0.3, -0.25) is 9.59 Å². The number of pyridine rings is 1. The normalized spacial score (nSPS) is 14.1. The lowest BCUT2D eigenvalue weighted by Crippen LogP contribution is -2.52. The van der Waals surface area contributed by atoms with E-state index in [1.807, 2.05) is 0 Å². The van der Waals surface area contributed by atoms with Gasteiger partial charge in [-0.05, 0) is 41.9 Å². The number of hydrogen-bond donors (Lipinski definition) is 0. The molecule has 0 spiro atoms. The summed E-state index contributed by atoms with van der Waals surface area (Å²) in [5.74, 6) is 0.883.